The summed E-state index contributed by atoms with van der Waals surface area (Å²) in [5.41, 5.74) is 2.18. The standard InChI is InChI=1S/C22H30N2O2S/c1-5-16(4)24(22(25)17-10-11-17)12-18-14-27-21(23-18)13-26-20-9-7-6-8-19(20)15(2)3/h6-9,14-17H,5,10-13H2,1-4H3. The molecule has 0 N–H and O–H groups in total. The Bertz CT molecular complexity index is 767. The van der Waals surface area contributed by atoms with Crippen LogP contribution in [0.3, 0.4) is 0 Å². The number of carbonyl (C=O) groups excluding carboxylic acids is 1. The predicted molar refractivity (Wildman–Crippen MR) is 110 cm³/mol. The molecule has 3 rings (SSSR count). The van der Waals surface area contributed by atoms with E-state index in [0.29, 0.717) is 25.0 Å². The molecule has 27 heavy (non-hydrogen) atoms. The first-order chi connectivity index (χ1) is 13.0. The Morgan fingerprint density at radius 1 is 1.30 bits per heavy atom. The maximum absolute atomic E-state index is 12.6. The van der Waals surface area contributed by atoms with E-state index in [0.717, 1.165) is 35.7 Å². The molecule has 1 aromatic carbocycles. The van der Waals surface area contributed by atoms with Gasteiger partial charge in [0.2, 0.25) is 5.91 Å². The van der Waals surface area contributed by atoms with E-state index in [9.17, 15) is 4.79 Å². The lowest BCUT2D eigenvalue weighted by atomic mass is 10.0. The molecule has 4 nitrogen and oxygen atoms in total. The molecule has 5 heteroatoms. The maximum Gasteiger partial charge on any atom is 0.226 e. The van der Waals surface area contributed by atoms with Gasteiger partial charge in [-0.05, 0) is 43.7 Å². The summed E-state index contributed by atoms with van der Waals surface area (Å²) in [6.45, 7) is 9.66. The number of ether oxygens (including phenoxy) is 1. The quantitative estimate of drug-likeness (QED) is 0.581. The van der Waals surface area contributed by atoms with Gasteiger partial charge in [0.25, 0.3) is 0 Å². The number of hydrogen-bond donors (Lipinski definition) is 0. The molecule has 1 aliphatic rings. The van der Waals surface area contributed by atoms with Crippen molar-refractivity contribution in [3.8, 4) is 5.75 Å². The number of aromatic nitrogens is 1. The summed E-state index contributed by atoms with van der Waals surface area (Å²) < 4.78 is 6.03. The Balaban J connectivity index is 1.63. The van der Waals surface area contributed by atoms with Crippen LogP contribution in [0, 0.1) is 5.92 Å². The minimum Gasteiger partial charge on any atom is -0.486 e. The van der Waals surface area contributed by atoms with Crippen LogP contribution >= 0.6 is 11.3 Å². The molecule has 0 spiro atoms. The molecule has 0 radical (unpaired) electrons. The van der Waals surface area contributed by atoms with Crippen LogP contribution in [0.4, 0.5) is 0 Å². The summed E-state index contributed by atoms with van der Waals surface area (Å²) >= 11 is 1.61. The first-order valence-electron chi connectivity index (χ1n) is 9.95. The minimum atomic E-state index is 0.243. The van der Waals surface area contributed by atoms with Crippen molar-refractivity contribution in [1.29, 1.82) is 0 Å². The van der Waals surface area contributed by atoms with Gasteiger partial charge in [0.15, 0.2) is 0 Å². The van der Waals surface area contributed by atoms with E-state index in [1.165, 1.54) is 5.56 Å². The Labute approximate surface area is 166 Å². The molecule has 2 aromatic rings. The highest BCUT2D eigenvalue weighted by Crippen LogP contribution is 2.33. The number of hydrogen-bond acceptors (Lipinski definition) is 4. The number of amides is 1. The fraction of sp³-hybridized carbons (Fsp3) is 0.545. The van der Waals surface area contributed by atoms with E-state index in [1.807, 2.05) is 23.1 Å². The van der Waals surface area contributed by atoms with Gasteiger partial charge >= 0.3 is 0 Å². The molecule has 1 aromatic heterocycles. The van der Waals surface area contributed by atoms with Crippen LogP contribution in [0.25, 0.3) is 0 Å². The normalized spacial score (nSPS) is 15.0. The van der Waals surface area contributed by atoms with E-state index >= 15 is 0 Å². The van der Waals surface area contributed by atoms with E-state index in [4.69, 9.17) is 9.72 Å². The van der Waals surface area contributed by atoms with Gasteiger partial charge in [0.1, 0.15) is 17.4 Å². The molecule has 1 atom stereocenters. The number of thiazole rings is 1. The van der Waals surface area contributed by atoms with Gasteiger partial charge in [-0.2, -0.15) is 0 Å². The van der Waals surface area contributed by atoms with Gasteiger partial charge < -0.3 is 9.64 Å². The van der Waals surface area contributed by atoms with Gasteiger partial charge in [0.05, 0.1) is 12.2 Å². The van der Waals surface area contributed by atoms with Crippen molar-refractivity contribution in [2.45, 2.75) is 72.1 Å². The number of benzene rings is 1. The van der Waals surface area contributed by atoms with E-state index < -0.39 is 0 Å². The summed E-state index contributed by atoms with van der Waals surface area (Å²) in [6, 6.07) is 8.42. The molecule has 0 bridgehead atoms. The average molecular weight is 387 g/mol. The molecular weight excluding hydrogens is 356 g/mol. The molecule has 0 aliphatic heterocycles. The van der Waals surface area contributed by atoms with Crippen molar-refractivity contribution in [2.24, 2.45) is 5.92 Å². The number of carbonyl (C=O) groups is 1. The zero-order valence-electron chi connectivity index (χ0n) is 16.8. The number of para-hydroxylation sites is 1. The average Bonchev–Trinajstić information content (AvgIpc) is 3.43. The molecule has 1 aliphatic carbocycles. The SMILES string of the molecule is CCC(C)N(Cc1csc(COc2ccccc2C(C)C)n1)C(=O)C1CC1. The van der Waals surface area contributed by atoms with Crippen LogP contribution in [-0.2, 0) is 17.9 Å². The smallest absolute Gasteiger partial charge is 0.226 e. The topological polar surface area (TPSA) is 42.4 Å². The van der Waals surface area contributed by atoms with Crippen LogP contribution in [0.1, 0.15) is 69.1 Å². The van der Waals surface area contributed by atoms with E-state index in [2.05, 4.69) is 39.1 Å². The van der Waals surface area contributed by atoms with Gasteiger partial charge in [-0.1, -0.05) is 39.0 Å². The van der Waals surface area contributed by atoms with Gasteiger partial charge in [-0.15, -0.1) is 11.3 Å². The van der Waals surface area contributed by atoms with Crippen molar-refractivity contribution in [3.05, 3.63) is 45.9 Å². The molecule has 1 unspecified atom stereocenters. The lowest BCUT2D eigenvalue weighted by molar-refractivity contribution is -0.135. The number of rotatable bonds is 9. The Hall–Kier alpha value is -1.88. The Morgan fingerprint density at radius 3 is 2.70 bits per heavy atom. The van der Waals surface area contributed by atoms with E-state index in [1.54, 1.807) is 11.3 Å². The molecular formula is C22H30N2O2S. The fourth-order valence-corrected chi connectivity index (χ4v) is 3.82. The second-order valence-electron chi connectivity index (χ2n) is 7.71. The summed E-state index contributed by atoms with van der Waals surface area (Å²) in [5, 5.41) is 3.01. The van der Waals surface area contributed by atoms with Crippen molar-refractivity contribution in [3.63, 3.8) is 0 Å². The first-order valence-corrected chi connectivity index (χ1v) is 10.8. The van der Waals surface area contributed by atoms with Crippen LogP contribution < -0.4 is 4.74 Å². The molecule has 1 amide bonds. The largest absolute Gasteiger partial charge is 0.486 e. The Kier molecular flexibility index (Phi) is 6.53. The molecule has 0 saturated heterocycles. The first kappa shape index (κ1) is 19.9. The van der Waals surface area contributed by atoms with Crippen molar-refractivity contribution >= 4 is 17.2 Å². The predicted octanol–water partition coefficient (Wildman–Crippen LogP) is 5.38. The number of nitrogens with zero attached hydrogens (tertiary/aromatic N) is 2. The molecule has 1 fully saturated rings. The van der Waals surface area contributed by atoms with E-state index in [-0.39, 0.29) is 12.0 Å². The summed E-state index contributed by atoms with van der Waals surface area (Å²) in [4.78, 5) is 19.3. The lowest BCUT2D eigenvalue weighted by Gasteiger charge is -2.28. The summed E-state index contributed by atoms with van der Waals surface area (Å²) in [5.74, 6) is 1.88. The summed E-state index contributed by atoms with van der Waals surface area (Å²) in [7, 11) is 0. The van der Waals surface area contributed by atoms with Gasteiger partial charge in [-0.25, -0.2) is 4.98 Å². The monoisotopic (exact) mass is 386 g/mol. The van der Waals surface area contributed by atoms with Gasteiger partial charge in [0, 0.05) is 17.3 Å². The summed E-state index contributed by atoms with van der Waals surface area (Å²) in [6.07, 6.45) is 3.04. The highest BCUT2D eigenvalue weighted by Gasteiger charge is 2.35. The molecule has 146 valence electrons. The highest BCUT2D eigenvalue weighted by atomic mass is 32.1. The van der Waals surface area contributed by atoms with Crippen LogP contribution in [-0.4, -0.2) is 21.8 Å². The van der Waals surface area contributed by atoms with Crippen LogP contribution in [0.5, 0.6) is 5.75 Å². The third-order valence-electron chi connectivity index (χ3n) is 5.16. The minimum absolute atomic E-state index is 0.243. The third-order valence-corrected chi connectivity index (χ3v) is 6.03. The van der Waals surface area contributed by atoms with Gasteiger partial charge in [-0.3, -0.25) is 4.79 Å². The zero-order chi connectivity index (χ0) is 19.4. The van der Waals surface area contributed by atoms with Crippen LogP contribution in [0.15, 0.2) is 29.6 Å². The van der Waals surface area contributed by atoms with Crippen molar-refractivity contribution in [2.75, 3.05) is 0 Å². The molecule has 1 saturated carbocycles. The third kappa shape index (κ3) is 5.10. The Morgan fingerprint density at radius 2 is 2.04 bits per heavy atom. The van der Waals surface area contributed by atoms with Crippen LogP contribution in [0.2, 0.25) is 0 Å². The lowest BCUT2D eigenvalue weighted by Crippen LogP contribution is -2.38. The van der Waals surface area contributed by atoms with Crippen molar-refractivity contribution in [1.82, 2.24) is 9.88 Å². The molecule has 1 heterocycles. The highest BCUT2D eigenvalue weighted by molar-refractivity contribution is 7.09. The second kappa shape index (κ2) is 8.87. The fourth-order valence-electron chi connectivity index (χ4n) is 3.13. The second-order valence-corrected chi connectivity index (χ2v) is 8.65. The maximum atomic E-state index is 12.6. The van der Waals surface area contributed by atoms with Crippen molar-refractivity contribution < 1.29 is 9.53 Å². The zero-order valence-corrected chi connectivity index (χ0v) is 17.6.